The van der Waals surface area contributed by atoms with Gasteiger partial charge in [-0.25, -0.2) is 9.99 Å². The lowest BCUT2D eigenvalue weighted by Crippen LogP contribution is -2.34. The zero-order valence-electron chi connectivity index (χ0n) is 13.0. The standard InChI is InChI=1S/C16H15ClN4O2S/c1-21-15(22)7-4-12(20-21)16(23)19-14-6-2-10(9-18-14)8-11-3-5-13(17)24-11/h2-3,5-6,9H,4,7-8H2,1H3,(H,18,19,23). The van der Waals surface area contributed by atoms with Crippen molar-refractivity contribution in [3.63, 3.8) is 0 Å². The number of carbonyl (C=O) groups is 2. The first-order valence-corrected chi connectivity index (χ1v) is 8.55. The lowest BCUT2D eigenvalue weighted by Gasteiger charge is -2.18. The number of rotatable bonds is 4. The van der Waals surface area contributed by atoms with Gasteiger partial charge in [-0.15, -0.1) is 11.3 Å². The fraction of sp³-hybridized carbons (Fsp3) is 0.250. The number of hydrogen-bond donors (Lipinski definition) is 1. The maximum Gasteiger partial charge on any atom is 0.273 e. The molecule has 2 aromatic rings. The van der Waals surface area contributed by atoms with Crippen LogP contribution < -0.4 is 5.32 Å². The van der Waals surface area contributed by atoms with E-state index in [0.29, 0.717) is 24.4 Å². The Labute approximate surface area is 148 Å². The number of halogens is 1. The van der Waals surface area contributed by atoms with E-state index in [1.54, 1.807) is 19.3 Å². The summed E-state index contributed by atoms with van der Waals surface area (Å²) in [4.78, 5) is 29.0. The number of hydrazone groups is 1. The van der Waals surface area contributed by atoms with E-state index in [1.165, 1.54) is 16.3 Å². The van der Waals surface area contributed by atoms with Crippen LogP contribution in [0.4, 0.5) is 5.82 Å². The Kier molecular flexibility index (Phi) is 4.92. The van der Waals surface area contributed by atoms with E-state index in [9.17, 15) is 9.59 Å². The molecular formula is C16H15ClN4O2S. The van der Waals surface area contributed by atoms with Crippen molar-refractivity contribution < 1.29 is 9.59 Å². The number of amides is 2. The number of nitrogens with one attached hydrogen (secondary N) is 1. The Morgan fingerprint density at radius 3 is 2.79 bits per heavy atom. The Hall–Kier alpha value is -2.25. The molecule has 0 atom stereocenters. The topological polar surface area (TPSA) is 74.7 Å². The first-order chi connectivity index (χ1) is 11.5. The van der Waals surface area contributed by atoms with Gasteiger partial charge in [-0.05, 0) is 23.8 Å². The average Bonchev–Trinajstić information content (AvgIpc) is 2.97. The molecule has 0 saturated heterocycles. The molecule has 24 heavy (non-hydrogen) atoms. The summed E-state index contributed by atoms with van der Waals surface area (Å²) >= 11 is 7.46. The normalized spacial score (nSPS) is 14.5. The summed E-state index contributed by atoms with van der Waals surface area (Å²) in [6.07, 6.45) is 3.10. The van der Waals surface area contributed by atoms with Crippen molar-refractivity contribution in [2.24, 2.45) is 5.10 Å². The van der Waals surface area contributed by atoms with E-state index < -0.39 is 0 Å². The average molecular weight is 363 g/mol. The van der Waals surface area contributed by atoms with E-state index in [2.05, 4.69) is 15.4 Å². The highest BCUT2D eigenvalue weighted by Crippen LogP contribution is 2.23. The monoisotopic (exact) mass is 362 g/mol. The second kappa shape index (κ2) is 7.11. The maximum absolute atomic E-state index is 12.2. The predicted octanol–water partition coefficient (Wildman–Crippen LogP) is 2.93. The van der Waals surface area contributed by atoms with E-state index in [-0.39, 0.29) is 11.8 Å². The largest absolute Gasteiger partial charge is 0.305 e. The molecule has 6 nitrogen and oxygen atoms in total. The Bertz CT molecular complexity index is 801. The molecule has 3 heterocycles. The molecule has 0 fully saturated rings. The second-order valence-corrected chi connectivity index (χ2v) is 7.15. The van der Waals surface area contributed by atoms with Gasteiger partial charge in [-0.2, -0.15) is 5.10 Å². The summed E-state index contributed by atoms with van der Waals surface area (Å²) < 4.78 is 0.763. The number of anilines is 1. The molecule has 2 aromatic heterocycles. The lowest BCUT2D eigenvalue weighted by molar-refractivity contribution is -0.130. The highest BCUT2D eigenvalue weighted by molar-refractivity contribution is 7.16. The zero-order valence-corrected chi connectivity index (χ0v) is 14.5. The SMILES string of the molecule is CN1N=C(C(=O)Nc2ccc(Cc3ccc(Cl)s3)cn2)CCC1=O. The third-order valence-electron chi connectivity index (χ3n) is 3.54. The molecule has 124 valence electrons. The van der Waals surface area contributed by atoms with Crippen molar-refractivity contribution in [3.05, 3.63) is 45.2 Å². The summed E-state index contributed by atoms with van der Waals surface area (Å²) in [5.41, 5.74) is 1.36. The quantitative estimate of drug-likeness (QED) is 0.908. The third kappa shape index (κ3) is 3.98. The van der Waals surface area contributed by atoms with Gasteiger partial charge in [0.05, 0.1) is 4.34 Å². The number of hydrogen-bond acceptors (Lipinski definition) is 5. The molecule has 8 heteroatoms. The van der Waals surface area contributed by atoms with Crippen molar-refractivity contribution in [2.45, 2.75) is 19.3 Å². The van der Waals surface area contributed by atoms with Crippen LogP contribution in [0.25, 0.3) is 0 Å². The predicted molar refractivity (Wildman–Crippen MR) is 94.4 cm³/mol. The van der Waals surface area contributed by atoms with Gasteiger partial charge in [0.2, 0.25) is 5.91 Å². The minimum Gasteiger partial charge on any atom is -0.305 e. The van der Waals surface area contributed by atoms with Crippen molar-refractivity contribution in [3.8, 4) is 0 Å². The van der Waals surface area contributed by atoms with Crippen LogP contribution in [0.15, 0.2) is 35.6 Å². The molecule has 3 rings (SSSR count). The van der Waals surface area contributed by atoms with Gasteiger partial charge in [0.25, 0.3) is 5.91 Å². The molecule has 0 unspecified atom stereocenters. The minimum atomic E-state index is -0.334. The number of pyridine rings is 1. The smallest absolute Gasteiger partial charge is 0.273 e. The molecule has 0 aromatic carbocycles. The first-order valence-electron chi connectivity index (χ1n) is 7.36. The Balaban J connectivity index is 1.62. The number of carbonyl (C=O) groups excluding carboxylic acids is 2. The van der Waals surface area contributed by atoms with Crippen LogP contribution in [-0.4, -0.2) is 34.6 Å². The van der Waals surface area contributed by atoms with Crippen LogP contribution in [0.3, 0.4) is 0 Å². The van der Waals surface area contributed by atoms with Gasteiger partial charge < -0.3 is 5.32 Å². The van der Waals surface area contributed by atoms with Gasteiger partial charge in [0.1, 0.15) is 11.5 Å². The molecular weight excluding hydrogens is 348 g/mol. The van der Waals surface area contributed by atoms with Crippen LogP contribution in [0, 0.1) is 0 Å². The van der Waals surface area contributed by atoms with E-state index >= 15 is 0 Å². The summed E-state index contributed by atoms with van der Waals surface area (Å²) in [5, 5.41) is 7.88. The van der Waals surface area contributed by atoms with Crippen molar-refractivity contribution in [1.82, 2.24) is 9.99 Å². The van der Waals surface area contributed by atoms with E-state index in [4.69, 9.17) is 11.6 Å². The van der Waals surface area contributed by atoms with Crippen molar-refractivity contribution in [1.29, 1.82) is 0 Å². The molecule has 0 bridgehead atoms. The van der Waals surface area contributed by atoms with E-state index in [1.807, 2.05) is 18.2 Å². The van der Waals surface area contributed by atoms with Crippen molar-refractivity contribution >= 4 is 46.3 Å². The van der Waals surface area contributed by atoms with Crippen LogP contribution >= 0.6 is 22.9 Å². The van der Waals surface area contributed by atoms with Gasteiger partial charge in [0, 0.05) is 37.4 Å². The molecule has 0 radical (unpaired) electrons. The minimum absolute atomic E-state index is 0.0947. The Morgan fingerprint density at radius 2 is 2.17 bits per heavy atom. The summed E-state index contributed by atoms with van der Waals surface area (Å²) in [6.45, 7) is 0. The fourth-order valence-electron chi connectivity index (χ4n) is 2.27. The van der Waals surface area contributed by atoms with Gasteiger partial charge in [-0.1, -0.05) is 17.7 Å². The van der Waals surface area contributed by atoms with Crippen LogP contribution in [0.2, 0.25) is 4.34 Å². The molecule has 2 amide bonds. The maximum atomic E-state index is 12.2. The first kappa shape index (κ1) is 16.6. The number of aromatic nitrogens is 1. The highest BCUT2D eigenvalue weighted by Gasteiger charge is 2.22. The molecule has 0 aliphatic carbocycles. The second-order valence-electron chi connectivity index (χ2n) is 5.35. The summed E-state index contributed by atoms with van der Waals surface area (Å²) in [7, 11) is 1.54. The summed E-state index contributed by atoms with van der Waals surface area (Å²) in [6, 6.07) is 7.52. The molecule has 1 aliphatic rings. The molecule has 0 spiro atoms. The fourth-order valence-corrected chi connectivity index (χ4v) is 3.39. The summed E-state index contributed by atoms with van der Waals surface area (Å²) in [5.74, 6) is 0.0255. The van der Waals surface area contributed by atoms with Crippen LogP contribution in [0.1, 0.15) is 23.3 Å². The number of nitrogens with zero attached hydrogens (tertiary/aromatic N) is 3. The Morgan fingerprint density at radius 1 is 1.33 bits per heavy atom. The van der Waals surface area contributed by atoms with E-state index in [0.717, 1.165) is 21.2 Å². The molecule has 1 N–H and O–H groups in total. The molecule has 0 saturated carbocycles. The van der Waals surface area contributed by atoms with Gasteiger partial charge >= 0.3 is 0 Å². The third-order valence-corrected chi connectivity index (χ3v) is 4.77. The zero-order chi connectivity index (χ0) is 17.1. The van der Waals surface area contributed by atoms with Crippen LogP contribution in [0.5, 0.6) is 0 Å². The molecule has 1 aliphatic heterocycles. The van der Waals surface area contributed by atoms with Crippen LogP contribution in [-0.2, 0) is 16.0 Å². The number of thiophene rings is 1. The lowest BCUT2D eigenvalue weighted by atomic mass is 10.1. The van der Waals surface area contributed by atoms with Crippen molar-refractivity contribution in [2.75, 3.05) is 12.4 Å². The van der Waals surface area contributed by atoms with Gasteiger partial charge in [-0.3, -0.25) is 9.59 Å². The van der Waals surface area contributed by atoms with Gasteiger partial charge in [0.15, 0.2) is 0 Å². The highest BCUT2D eigenvalue weighted by atomic mass is 35.5.